The molecule has 2 aliphatic heterocycles. The first kappa shape index (κ1) is 14.7. The summed E-state index contributed by atoms with van der Waals surface area (Å²) < 4.78 is 11.4. The third-order valence-electron chi connectivity index (χ3n) is 4.14. The normalized spacial score (nSPS) is 25.8. The highest BCUT2D eigenvalue weighted by atomic mass is 32.2. The smallest absolute Gasteiger partial charge is 0.410 e. The summed E-state index contributed by atoms with van der Waals surface area (Å²) >= 11 is 1.95. The Labute approximate surface area is 129 Å². The molecule has 0 bridgehead atoms. The van der Waals surface area contributed by atoms with Gasteiger partial charge in [-0.25, -0.2) is 4.79 Å². The van der Waals surface area contributed by atoms with Crippen LogP contribution in [0.15, 0.2) is 30.3 Å². The average Bonchev–Trinajstić information content (AvgIpc) is 2.87. The molecule has 0 saturated carbocycles. The highest BCUT2D eigenvalue weighted by Crippen LogP contribution is 2.35. The van der Waals surface area contributed by atoms with E-state index in [4.69, 9.17) is 9.47 Å². The SMILES string of the molecule is O=C(OCc1ccccc1)N1CCOC2(CCSC2)CC1. The molecule has 114 valence electrons. The average molecular weight is 307 g/mol. The third-order valence-corrected chi connectivity index (χ3v) is 5.36. The standard InChI is InChI=1S/C16H21NO3S/c18-15(19-12-14-4-2-1-3-5-14)17-8-6-16(20-10-9-17)7-11-21-13-16/h1-5H,6-13H2. The van der Waals surface area contributed by atoms with Crippen LogP contribution in [0.1, 0.15) is 18.4 Å². The minimum absolute atomic E-state index is 0.000866. The van der Waals surface area contributed by atoms with Crippen molar-refractivity contribution < 1.29 is 14.3 Å². The molecule has 4 nitrogen and oxygen atoms in total. The van der Waals surface area contributed by atoms with Crippen molar-refractivity contribution in [2.45, 2.75) is 25.0 Å². The maximum atomic E-state index is 12.2. The molecule has 1 amide bonds. The van der Waals surface area contributed by atoms with E-state index in [1.54, 1.807) is 4.90 Å². The van der Waals surface area contributed by atoms with Crippen LogP contribution in [0.2, 0.25) is 0 Å². The van der Waals surface area contributed by atoms with Gasteiger partial charge in [-0.3, -0.25) is 0 Å². The maximum Gasteiger partial charge on any atom is 0.410 e. The number of nitrogens with zero attached hydrogens (tertiary/aromatic N) is 1. The summed E-state index contributed by atoms with van der Waals surface area (Å²) in [5, 5.41) is 0. The second-order valence-corrected chi connectivity index (χ2v) is 6.72. The lowest BCUT2D eigenvalue weighted by molar-refractivity contribution is -0.0172. The van der Waals surface area contributed by atoms with Gasteiger partial charge in [0.25, 0.3) is 0 Å². The first-order valence-electron chi connectivity index (χ1n) is 7.45. The summed E-state index contributed by atoms with van der Waals surface area (Å²) in [5.74, 6) is 2.22. The van der Waals surface area contributed by atoms with Crippen LogP contribution in [0, 0.1) is 0 Å². The first-order valence-corrected chi connectivity index (χ1v) is 8.60. The first-order chi connectivity index (χ1) is 10.3. The van der Waals surface area contributed by atoms with Crippen molar-refractivity contribution in [2.24, 2.45) is 0 Å². The number of benzene rings is 1. The quantitative estimate of drug-likeness (QED) is 0.842. The minimum Gasteiger partial charge on any atom is -0.445 e. The van der Waals surface area contributed by atoms with Crippen molar-refractivity contribution in [1.82, 2.24) is 4.90 Å². The van der Waals surface area contributed by atoms with E-state index < -0.39 is 0 Å². The van der Waals surface area contributed by atoms with Gasteiger partial charge in [0.1, 0.15) is 6.61 Å². The molecule has 1 atom stereocenters. The summed E-state index contributed by atoms with van der Waals surface area (Å²) in [6.07, 6.45) is 1.79. The molecule has 0 radical (unpaired) electrons. The Kier molecular flexibility index (Phi) is 4.70. The summed E-state index contributed by atoms with van der Waals surface area (Å²) in [5.41, 5.74) is 1.01. The summed E-state index contributed by atoms with van der Waals surface area (Å²) in [4.78, 5) is 13.9. The third kappa shape index (κ3) is 3.71. The zero-order chi connectivity index (χ0) is 14.5. The zero-order valence-corrected chi connectivity index (χ0v) is 12.9. The zero-order valence-electron chi connectivity index (χ0n) is 12.1. The number of rotatable bonds is 2. The predicted molar refractivity (Wildman–Crippen MR) is 83.4 cm³/mol. The predicted octanol–water partition coefficient (Wildman–Crippen LogP) is 2.92. The Bertz CT molecular complexity index is 474. The van der Waals surface area contributed by atoms with Gasteiger partial charge in [-0.05, 0) is 24.2 Å². The summed E-state index contributed by atoms with van der Waals surface area (Å²) in [7, 11) is 0. The van der Waals surface area contributed by atoms with Crippen LogP contribution in [0.4, 0.5) is 4.79 Å². The van der Waals surface area contributed by atoms with Crippen LogP contribution in [-0.2, 0) is 16.1 Å². The van der Waals surface area contributed by atoms with Crippen LogP contribution < -0.4 is 0 Å². The molecule has 2 saturated heterocycles. The van der Waals surface area contributed by atoms with E-state index in [1.165, 1.54) is 5.75 Å². The molecular formula is C16H21NO3S. The van der Waals surface area contributed by atoms with Crippen molar-refractivity contribution in [2.75, 3.05) is 31.2 Å². The molecule has 3 rings (SSSR count). The molecule has 2 fully saturated rings. The van der Waals surface area contributed by atoms with Crippen molar-refractivity contribution in [3.63, 3.8) is 0 Å². The Morgan fingerprint density at radius 1 is 1.29 bits per heavy atom. The van der Waals surface area contributed by atoms with Gasteiger partial charge < -0.3 is 14.4 Å². The van der Waals surface area contributed by atoms with Crippen molar-refractivity contribution in [3.05, 3.63) is 35.9 Å². The number of carbonyl (C=O) groups is 1. The maximum absolute atomic E-state index is 12.2. The topological polar surface area (TPSA) is 38.8 Å². The number of hydrogen-bond acceptors (Lipinski definition) is 4. The fourth-order valence-corrected chi connectivity index (χ4v) is 4.19. The minimum atomic E-state index is -0.231. The van der Waals surface area contributed by atoms with Crippen LogP contribution in [0.3, 0.4) is 0 Å². The highest BCUT2D eigenvalue weighted by molar-refractivity contribution is 7.99. The van der Waals surface area contributed by atoms with E-state index in [0.29, 0.717) is 19.8 Å². The molecule has 0 aromatic heterocycles. The molecular weight excluding hydrogens is 286 g/mol. The number of thioether (sulfide) groups is 1. The molecule has 1 unspecified atom stereocenters. The van der Waals surface area contributed by atoms with Gasteiger partial charge >= 0.3 is 6.09 Å². The summed E-state index contributed by atoms with van der Waals surface area (Å²) in [6.45, 7) is 2.30. The number of amides is 1. The highest BCUT2D eigenvalue weighted by Gasteiger charge is 2.38. The van der Waals surface area contributed by atoms with Crippen LogP contribution in [-0.4, -0.2) is 47.8 Å². The second-order valence-electron chi connectivity index (χ2n) is 5.61. The van der Waals surface area contributed by atoms with E-state index in [-0.39, 0.29) is 11.7 Å². The molecule has 1 aromatic rings. The molecule has 0 N–H and O–H groups in total. The number of ether oxygens (including phenoxy) is 2. The van der Waals surface area contributed by atoms with Gasteiger partial charge in [0.05, 0.1) is 12.2 Å². The molecule has 2 aliphatic rings. The van der Waals surface area contributed by atoms with Gasteiger partial charge in [0.15, 0.2) is 0 Å². The molecule has 1 spiro atoms. The largest absolute Gasteiger partial charge is 0.445 e. The fraction of sp³-hybridized carbons (Fsp3) is 0.562. The lowest BCUT2D eigenvalue weighted by Crippen LogP contribution is -2.35. The molecule has 2 heterocycles. The Hall–Kier alpha value is -1.20. The lowest BCUT2D eigenvalue weighted by Gasteiger charge is -2.26. The number of carbonyl (C=O) groups excluding carboxylic acids is 1. The van der Waals surface area contributed by atoms with Crippen molar-refractivity contribution >= 4 is 17.9 Å². The van der Waals surface area contributed by atoms with Gasteiger partial charge in [-0.2, -0.15) is 11.8 Å². The van der Waals surface area contributed by atoms with Gasteiger partial charge in [-0.1, -0.05) is 30.3 Å². The molecule has 1 aromatic carbocycles. The number of hydrogen-bond donors (Lipinski definition) is 0. The lowest BCUT2D eigenvalue weighted by atomic mass is 9.99. The Morgan fingerprint density at radius 2 is 2.14 bits per heavy atom. The monoisotopic (exact) mass is 307 g/mol. The molecule has 0 aliphatic carbocycles. The van der Waals surface area contributed by atoms with Crippen LogP contribution >= 0.6 is 11.8 Å². The Morgan fingerprint density at radius 3 is 2.90 bits per heavy atom. The Balaban J connectivity index is 1.51. The van der Waals surface area contributed by atoms with Crippen molar-refractivity contribution in [1.29, 1.82) is 0 Å². The van der Waals surface area contributed by atoms with E-state index in [0.717, 1.165) is 30.7 Å². The van der Waals surface area contributed by atoms with Gasteiger partial charge in [0.2, 0.25) is 0 Å². The molecule has 5 heteroatoms. The second kappa shape index (κ2) is 6.71. The fourth-order valence-electron chi connectivity index (χ4n) is 2.79. The molecule has 21 heavy (non-hydrogen) atoms. The van der Waals surface area contributed by atoms with Crippen molar-refractivity contribution in [3.8, 4) is 0 Å². The van der Waals surface area contributed by atoms with E-state index >= 15 is 0 Å². The van der Waals surface area contributed by atoms with Gasteiger partial charge in [-0.15, -0.1) is 0 Å². The van der Waals surface area contributed by atoms with E-state index in [1.807, 2.05) is 42.1 Å². The summed E-state index contributed by atoms with van der Waals surface area (Å²) in [6, 6.07) is 9.78. The van der Waals surface area contributed by atoms with Crippen LogP contribution in [0.5, 0.6) is 0 Å². The van der Waals surface area contributed by atoms with Crippen LogP contribution in [0.25, 0.3) is 0 Å². The van der Waals surface area contributed by atoms with E-state index in [9.17, 15) is 4.79 Å². The van der Waals surface area contributed by atoms with Gasteiger partial charge in [0, 0.05) is 18.8 Å². The van der Waals surface area contributed by atoms with E-state index in [2.05, 4.69) is 0 Å².